The van der Waals surface area contributed by atoms with Crippen LogP contribution in [0.2, 0.25) is 5.02 Å². The van der Waals surface area contributed by atoms with Crippen LogP contribution in [-0.4, -0.2) is 29.9 Å². The summed E-state index contributed by atoms with van der Waals surface area (Å²) in [6.45, 7) is 4.09. The van der Waals surface area contributed by atoms with Crippen LogP contribution in [0.15, 0.2) is 24.3 Å². The lowest BCUT2D eigenvalue weighted by Gasteiger charge is -2.24. The SMILES string of the molecule is CC(C)N(CCC=O)C(=O)Oc1ccc(Cl)cc1. The molecule has 0 aliphatic carbocycles. The van der Waals surface area contributed by atoms with Crippen LogP contribution >= 0.6 is 11.6 Å². The molecule has 4 nitrogen and oxygen atoms in total. The van der Waals surface area contributed by atoms with E-state index in [2.05, 4.69) is 0 Å². The van der Waals surface area contributed by atoms with Crippen molar-refractivity contribution in [2.45, 2.75) is 26.3 Å². The smallest absolute Gasteiger partial charge is 0.410 e. The average Bonchev–Trinajstić information content (AvgIpc) is 2.32. The largest absolute Gasteiger partial charge is 0.415 e. The topological polar surface area (TPSA) is 46.6 Å². The van der Waals surface area contributed by atoms with Gasteiger partial charge in [-0.25, -0.2) is 4.79 Å². The lowest BCUT2D eigenvalue weighted by Crippen LogP contribution is -2.39. The Balaban J connectivity index is 2.66. The van der Waals surface area contributed by atoms with Gasteiger partial charge in [0.25, 0.3) is 0 Å². The first kappa shape index (κ1) is 14.5. The van der Waals surface area contributed by atoms with Crippen LogP contribution in [0.5, 0.6) is 5.75 Å². The molecule has 5 heteroatoms. The van der Waals surface area contributed by atoms with E-state index in [0.717, 1.165) is 6.29 Å². The Morgan fingerprint density at radius 1 is 1.39 bits per heavy atom. The van der Waals surface area contributed by atoms with E-state index in [0.29, 0.717) is 23.7 Å². The van der Waals surface area contributed by atoms with Gasteiger partial charge < -0.3 is 14.4 Å². The van der Waals surface area contributed by atoms with Crippen LogP contribution in [0, 0.1) is 0 Å². The van der Waals surface area contributed by atoms with Crippen LogP contribution in [0.1, 0.15) is 20.3 Å². The Labute approximate surface area is 111 Å². The van der Waals surface area contributed by atoms with Crippen molar-refractivity contribution in [3.8, 4) is 5.75 Å². The summed E-state index contributed by atoms with van der Waals surface area (Å²) in [7, 11) is 0. The summed E-state index contributed by atoms with van der Waals surface area (Å²) in [6.07, 6.45) is 0.618. The number of carbonyl (C=O) groups excluding carboxylic acids is 2. The molecule has 0 spiro atoms. The summed E-state index contributed by atoms with van der Waals surface area (Å²) in [5.41, 5.74) is 0. The van der Waals surface area contributed by atoms with Gasteiger partial charge in [0.05, 0.1) is 0 Å². The number of halogens is 1. The zero-order chi connectivity index (χ0) is 13.5. The fraction of sp³-hybridized carbons (Fsp3) is 0.385. The van der Waals surface area contributed by atoms with E-state index in [9.17, 15) is 9.59 Å². The number of rotatable bonds is 5. The Morgan fingerprint density at radius 2 is 2.00 bits per heavy atom. The highest BCUT2D eigenvalue weighted by atomic mass is 35.5. The second kappa shape index (κ2) is 7.01. The van der Waals surface area contributed by atoms with Crippen molar-refractivity contribution in [2.24, 2.45) is 0 Å². The Morgan fingerprint density at radius 3 is 2.50 bits per heavy atom. The minimum absolute atomic E-state index is 0.0234. The molecular weight excluding hydrogens is 254 g/mol. The lowest BCUT2D eigenvalue weighted by atomic mass is 10.3. The third kappa shape index (κ3) is 4.37. The predicted molar refractivity (Wildman–Crippen MR) is 70.0 cm³/mol. The van der Waals surface area contributed by atoms with Crippen molar-refractivity contribution in [3.05, 3.63) is 29.3 Å². The second-order valence-electron chi connectivity index (χ2n) is 4.06. The molecule has 0 aromatic heterocycles. The molecule has 98 valence electrons. The van der Waals surface area contributed by atoms with Crippen molar-refractivity contribution in [1.29, 1.82) is 0 Å². The molecular formula is C13H16ClNO3. The number of hydrogen-bond acceptors (Lipinski definition) is 3. The molecule has 0 saturated carbocycles. The van der Waals surface area contributed by atoms with Crippen molar-refractivity contribution >= 4 is 24.0 Å². The molecule has 0 bridgehead atoms. The number of carbonyl (C=O) groups is 2. The molecule has 0 aliphatic heterocycles. The van der Waals surface area contributed by atoms with Gasteiger partial charge >= 0.3 is 6.09 Å². The van der Waals surface area contributed by atoms with E-state index in [1.54, 1.807) is 24.3 Å². The van der Waals surface area contributed by atoms with Gasteiger partial charge in [-0.2, -0.15) is 0 Å². The molecule has 0 aliphatic rings. The maximum Gasteiger partial charge on any atom is 0.415 e. The number of amides is 1. The third-order valence-electron chi connectivity index (χ3n) is 2.36. The Hall–Kier alpha value is -1.55. The molecule has 0 heterocycles. The summed E-state index contributed by atoms with van der Waals surface area (Å²) >= 11 is 5.74. The van der Waals surface area contributed by atoms with Crippen LogP contribution in [-0.2, 0) is 4.79 Å². The van der Waals surface area contributed by atoms with Crippen molar-refractivity contribution in [3.63, 3.8) is 0 Å². The summed E-state index contributed by atoms with van der Waals surface area (Å²) in [5.74, 6) is 0.432. The van der Waals surface area contributed by atoms with Gasteiger partial charge in [0.2, 0.25) is 0 Å². The fourth-order valence-corrected chi connectivity index (χ4v) is 1.54. The van der Waals surface area contributed by atoms with Crippen molar-refractivity contribution in [1.82, 2.24) is 4.90 Å². The van der Waals surface area contributed by atoms with E-state index in [-0.39, 0.29) is 6.04 Å². The van der Waals surface area contributed by atoms with Gasteiger partial charge in [0, 0.05) is 24.0 Å². The van der Waals surface area contributed by atoms with Gasteiger partial charge in [-0.1, -0.05) is 11.6 Å². The van der Waals surface area contributed by atoms with Gasteiger partial charge in [-0.05, 0) is 38.1 Å². The molecule has 1 rings (SSSR count). The molecule has 0 saturated heterocycles. The average molecular weight is 270 g/mol. The molecule has 0 unspecified atom stereocenters. The van der Waals surface area contributed by atoms with Crippen LogP contribution in [0.4, 0.5) is 4.79 Å². The number of ether oxygens (including phenoxy) is 1. The van der Waals surface area contributed by atoms with Gasteiger partial charge in [-0.3, -0.25) is 0 Å². The highest BCUT2D eigenvalue weighted by Crippen LogP contribution is 2.17. The van der Waals surface area contributed by atoms with Crippen molar-refractivity contribution in [2.75, 3.05) is 6.54 Å². The monoisotopic (exact) mass is 269 g/mol. The zero-order valence-electron chi connectivity index (χ0n) is 10.4. The molecule has 18 heavy (non-hydrogen) atoms. The van der Waals surface area contributed by atoms with Gasteiger partial charge in [0.1, 0.15) is 12.0 Å². The first-order chi connectivity index (χ1) is 8.54. The summed E-state index contributed by atoms with van der Waals surface area (Å²) < 4.78 is 5.20. The maximum atomic E-state index is 11.9. The molecule has 1 aromatic rings. The quantitative estimate of drug-likeness (QED) is 0.772. The summed E-state index contributed by atoms with van der Waals surface area (Å²) in [5, 5.41) is 0.580. The lowest BCUT2D eigenvalue weighted by molar-refractivity contribution is -0.108. The minimum Gasteiger partial charge on any atom is -0.410 e. The van der Waals surface area contributed by atoms with Crippen molar-refractivity contribution < 1.29 is 14.3 Å². The van der Waals surface area contributed by atoms with Gasteiger partial charge in [0.15, 0.2) is 0 Å². The molecule has 1 amide bonds. The first-order valence-electron chi connectivity index (χ1n) is 5.72. The number of nitrogens with zero attached hydrogens (tertiary/aromatic N) is 1. The molecule has 1 aromatic carbocycles. The fourth-order valence-electron chi connectivity index (χ4n) is 1.41. The maximum absolute atomic E-state index is 11.9. The predicted octanol–water partition coefficient (Wildman–Crippen LogP) is 3.14. The highest BCUT2D eigenvalue weighted by Gasteiger charge is 2.18. The molecule has 0 fully saturated rings. The van der Waals surface area contributed by atoms with E-state index in [4.69, 9.17) is 16.3 Å². The second-order valence-corrected chi connectivity index (χ2v) is 4.50. The van der Waals surface area contributed by atoms with Crippen LogP contribution in [0.3, 0.4) is 0 Å². The number of hydrogen-bond donors (Lipinski definition) is 0. The Bertz CT molecular complexity index is 403. The van der Waals surface area contributed by atoms with E-state index >= 15 is 0 Å². The van der Waals surface area contributed by atoms with E-state index < -0.39 is 6.09 Å². The normalized spacial score (nSPS) is 10.2. The third-order valence-corrected chi connectivity index (χ3v) is 2.62. The van der Waals surface area contributed by atoms with Crippen LogP contribution in [0.25, 0.3) is 0 Å². The standard InChI is InChI=1S/C13H16ClNO3/c1-10(2)15(8-3-9-16)13(17)18-12-6-4-11(14)5-7-12/h4-7,9-10H,3,8H2,1-2H3. The molecule has 0 atom stereocenters. The number of benzene rings is 1. The Kier molecular flexibility index (Phi) is 5.65. The minimum atomic E-state index is -0.464. The number of aldehydes is 1. The van der Waals surface area contributed by atoms with Gasteiger partial charge in [-0.15, -0.1) is 0 Å². The molecule has 0 N–H and O–H groups in total. The highest BCUT2D eigenvalue weighted by molar-refractivity contribution is 6.30. The van der Waals surface area contributed by atoms with E-state index in [1.165, 1.54) is 4.90 Å². The zero-order valence-corrected chi connectivity index (χ0v) is 11.2. The van der Waals surface area contributed by atoms with E-state index in [1.807, 2.05) is 13.8 Å². The van der Waals surface area contributed by atoms with Crippen LogP contribution < -0.4 is 4.74 Å². The molecule has 0 radical (unpaired) electrons. The first-order valence-corrected chi connectivity index (χ1v) is 6.10. The summed E-state index contributed by atoms with van der Waals surface area (Å²) in [4.78, 5) is 23.8. The summed E-state index contributed by atoms with van der Waals surface area (Å²) in [6, 6.07) is 6.52.